The lowest BCUT2D eigenvalue weighted by atomic mass is 10.3. The maximum Gasteiger partial charge on any atom is 0.318 e. The van der Waals surface area contributed by atoms with Crippen LogP contribution in [0.3, 0.4) is 0 Å². The lowest BCUT2D eigenvalue weighted by Gasteiger charge is -2.26. The fourth-order valence-corrected chi connectivity index (χ4v) is 1.92. The Morgan fingerprint density at radius 2 is 2.17 bits per heavy atom. The van der Waals surface area contributed by atoms with Crippen molar-refractivity contribution in [2.75, 3.05) is 44.7 Å². The fourth-order valence-electron chi connectivity index (χ4n) is 1.92. The van der Waals surface area contributed by atoms with Gasteiger partial charge in [0, 0.05) is 44.0 Å². The standard InChI is InChI=1S/C12H18N3O3/c16-15(17)12-3-1-2-11(10-12)13-4-5-14-6-8-18-9-7-14/h1-3,10,13H,4-9H2,(H,16,17)/q+1. The first-order valence-corrected chi connectivity index (χ1v) is 6.06. The van der Waals surface area contributed by atoms with Crippen LogP contribution in [0.15, 0.2) is 24.3 Å². The first-order valence-electron chi connectivity index (χ1n) is 6.06. The number of rotatable bonds is 5. The van der Waals surface area contributed by atoms with Crippen LogP contribution in [-0.2, 0) is 4.74 Å². The van der Waals surface area contributed by atoms with Gasteiger partial charge in [0.1, 0.15) is 0 Å². The molecule has 0 atom stereocenters. The molecule has 0 aliphatic carbocycles. The van der Waals surface area contributed by atoms with Gasteiger partial charge in [-0.15, -0.1) is 0 Å². The Morgan fingerprint density at radius 1 is 1.39 bits per heavy atom. The Kier molecular flexibility index (Phi) is 4.49. The summed E-state index contributed by atoms with van der Waals surface area (Å²) in [5, 5.41) is 12.0. The molecule has 6 nitrogen and oxygen atoms in total. The van der Waals surface area contributed by atoms with E-state index in [1.54, 1.807) is 18.2 Å². The molecule has 6 heteroatoms. The van der Waals surface area contributed by atoms with E-state index < -0.39 is 0 Å². The highest BCUT2D eigenvalue weighted by Crippen LogP contribution is 2.16. The molecular formula is C12H18N3O3+. The van der Waals surface area contributed by atoms with Gasteiger partial charge in [-0.05, 0) is 6.07 Å². The molecule has 1 aromatic rings. The lowest BCUT2D eigenvalue weighted by molar-refractivity contribution is -0.729. The van der Waals surface area contributed by atoms with E-state index in [-0.39, 0.29) is 10.6 Å². The van der Waals surface area contributed by atoms with E-state index in [9.17, 15) is 4.91 Å². The maximum atomic E-state index is 10.7. The van der Waals surface area contributed by atoms with Gasteiger partial charge in [-0.25, -0.2) is 5.21 Å². The van der Waals surface area contributed by atoms with Crippen LogP contribution < -0.4 is 5.32 Å². The topological polar surface area (TPSA) is 64.8 Å². The van der Waals surface area contributed by atoms with Gasteiger partial charge in [0.25, 0.3) is 4.92 Å². The van der Waals surface area contributed by atoms with Crippen LogP contribution in [0.5, 0.6) is 0 Å². The van der Waals surface area contributed by atoms with Crippen LogP contribution in [0.1, 0.15) is 0 Å². The number of ether oxygens (including phenoxy) is 1. The molecule has 0 amide bonds. The van der Waals surface area contributed by atoms with Crippen LogP contribution >= 0.6 is 0 Å². The van der Waals surface area contributed by atoms with Crippen molar-refractivity contribution in [1.29, 1.82) is 0 Å². The molecule has 0 spiro atoms. The molecule has 1 aromatic carbocycles. The highest BCUT2D eigenvalue weighted by atomic mass is 16.6. The van der Waals surface area contributed by atoms with Gasteiger partial charge in [-0.3, -0.25) is 4.90 Å². The van der Waals surface area contributed by atoms with E-state index in [1.165, 1.54) is 0 Å². The van der Waals surface area contributed by atoms with Crippen molar-refractivity contribution >= 4 is 11.4 Å². The van der Waals surface area contributed by atoms with Crippen molar-refractivity contribution in [2.45, 2.75) is 0 Å². The summed E-state index contributed by atoms with van der Waals surface area (Å²) in [6.45, 7) is 5.26. The third kappa shape index (κ3) is 3.68. The Morgan fingerprint density at radius 3 is 2.89 bits per heavy atom. The Labute approximate surface area is 106 Å². The second-order valence-corrected chi connectivity index (χ2v) is 4.20. The predicted molar refractivity (Wildman–Crippen MR) is 67.3 cm³/mol. The van der Waals surface area contributed by atoms with Crippen molar-refractivity contribution < 1.29 is 14.9 Å². The van der Waals surface area contributed by atoms with E-state index in [0.717, 1.165) is 45.1 Å². The van der Waals surface area contributed by atoms with E-state index in [1.807, 2.05) is 6.07 Å². The van der Waals surface area contributed by atoms with Crippen molar-refractivity contribution in [3.8, 4) is 0 Å². The average molecular weight is 252 g/mol. The van der Waals surface area contributed by atoms with Crippen molar-refractivity contribution in [3.63, 3.8) is 0 Å². The number of morpholine rings is 1. The molecule has 0 unspecified atom stereocenters. The minimum Gasteiger partial charge on any atom is -0.384 e. The van der Waals surface area contributed by atoms with Crippen molar-refractivity contribution in [2.24, 2.45) is 0 Å². The molecule has 1 fully saturated rings. The van der Waals surface area contributed by atoms with Gasteiger partial charge in [-0.1, -0.05) is 6.07 Å². The van der Waals surface area contributed by atoms with E-state index in [0.29, 0.717) is 0 Å². The molecule has 98 valence electrons. The monoisotopic (exact) mass is 252 g/mol. The van der Waals surface area contributed by atoms with E-state index >= 15 is 0 Å². The molecule has 1 heterocycles. The summed E-state index contributed by atoms with van der Waals surface area (Å²) in [6, 6.07) is 6.77. The molecule has 2 N–H and O–H groups in total. The first kappa shape index (κ1) is 12.8. The third-order valence-electron chi connectivity index (χ3n) is 2.93. The van der Waals surface area contributed by atoms with Gasteiger partial charge in [-0.2, -0.15) is 0 Å². The third-order valence-corrected chi connectivity index (χ3v) is 2.93. The molecule has 0 bridgehead atoms. The second kappa shape index (κ2) is 6.32. The number of anilines is 1. The molecule has 18 heavy (non-hydrogen) atoms. The smallest absolute Gasteiger partial charge is 0.318 e. The summed E-state index contributed by atoms with van der Waals surface area (Å²) >= 11 is 0. The van der Waals surface area contributed by atoms with Crippen LogP contribution in [-0.4, -0.2) is 54.4 Å². The van der Waals surface area contributed by atoms with Gasteiger partial charge in [0.05, 0.1) is 18.1 Å². The SMILES string of the molecule is O=[N+](O)c1cccc(NCCN2CCOCC2)c1. The quantitative estimate of drug-likeness (QED) is 0.772. The highest BCUT2D eigenvalue weighted by Gasteiger charge is 2.12. The Balaban J connectivity index is 1.78. The fraction of sp³-hybridized carbons (Fsp3) is 0.500. The molecule has 0 radical (unpaired) electrons. The number of nitrogens with one attached hydrogen (secondary N) is 1. The largest absolute Gasteiger partial charge is 0.384 e. The van der Waals surface area contributed by atoms with Crippen LogP contribution in [0.2, 0.25) is 0 Å². The first-order chi connectivity index (χ1) is 8.75. The van der Waals surface area contributed by atoms with Gasteiger partial charge < -0.3 is 10.1 Å². The van der Waals surface area contributed by atoms with Crippen LogP contribution in [0, 0.1) is 4.91 Å². The second-order valence-electron chi connectivity index (χ2n) is 4.20. The zero-order valence-electron chi connectivity index (χ0n) is 10.2. The molecular weight excluding hydrogens is 234 g/mol. The van der Waals surface area contributed by atoms with Crippen LogP contribution in [0.25, 0.3) is 0 Å². The van der Waals surface area contributed by atoms with Crippen molar-refractivity contribution in [1.82, 2.24) is 4.90 Å². The normalized spacial score (nSPS) is 16.4. The molecule has 1 aliphatic heterocycles. The summed E-state index contributed by atoms with van der Waals surface area (Å²) < 4.78 is 5.28. The predicted octanol–water partition coefficient (Wildman–Crippen LogP) is 1.23. The Hall–Kier alpha value is -1.66. The average Bonchev–Trinajstić information content (AvgIpc) is 2.40. The minimum absolute atomic E-state index is 0.132. The van der Waals surface area contributed by atoms with Gasteiger partial charge in [0.15, 0.2) is 0 Å². The summed E-state index contributed by atoms with van der Waals surface area (Å²) in [6.07, 6.45) is 0. The molecule has 0 aromatic heterocycles. The molecule has 0 saturated carbocycles. The summed E-state index contributed by atoms with van der Waals surface area (Å²) in [4.78, 5) is 12.9. The molecule has 1 aliphatic rings. The summed E-state index contributed by atoms with van der Waals surface area (Å²) in [7, 11) is 0. The zero-order valence-corrected chi connectivity index (χ0v) is 10.2. The number of nitrogens with zero attached hydrogens (tertiary/aromatic N) is 2. The van der Waals surface area contributed by atoms with Gasteiger partial charge >= 0.3 is 5.69 Å². The number of hydrogen-bond acceptors (Lipinski definition) is 4. The van der Waals surface area contributed by atoms with E-state index in [2.05, 4.69) is 10.2 Å². The highest BCUT2D eigenvalue weighted by molar-refractivity contribution is 5.50. The Bertz CT molecular complexity index is 405. The summed E-state index contributed by atoms with van der Waals surface area (Å²) in [5.41, 5.74) is 1.06. The summed E-state index contributed by atoms with van der Waals surface area (Å²) in [5.74, 6) is 0. The van der Waals surface area contributed by atoms with E-state index in [4.69, 9.17) is 9.94 Å². The number of hydrogen-bond donors (Lipinski definition) is 2. The van der Waals surface area contributed by atoms with Gasteiger partial charge in [0.2, 0.25) is 0 Å². The van der Waals surface area contributed by atoms with Crippen LogP contribution in [0.4, 0.5) is 11.4 Å². The van der Waals surface area contributed by atoms with Crippen molar-refractivity contribution in [3.05, 3.63) is 29.2 Å². The molecule has 2 rings (SSSR count). The maximum absolute atomic E-state index is 10.7. The number of benzene rings is 1. The molecule has 1 saturated heterocycles. The lowest BCUT2D eigenvalue weighted by Crippen LogP contribution is -2.38. The zero-order chi connectivity index (χ0) is 12.8. The minimum atomic E-state index is -0.132.